The van der Waals surface area contributed by atoms with Gasteiger partial charge in [-0.3, -0.25) is 9.59 Å². The first-order valence-corrected chi connectivity index (χ1v) is 6.24. The van der Waals surface area contributed by atoms with Gasteiger partial charge in [-0.2, -0.15) is 0 Å². The molecule has 1 amide bonds. The average Bonchev–Trinajstić information content (AvgIpc) is 2.40. The quantitative estimate of drug-likeness (QED) is 0.742. The highest BCUT2D eigenvalue weighted by atomic mass is 19.1. The molecule has 0 heterocycles. The van der Waals surface area contributed by atoms with Crippen LogP contribution in [-0.4, -0.2) is 29.9 Å². The number of carbonyl (C=O) groups excluding carboxylic acids is 2. The zero-order chi connectivity index (χ0) is 14.3. The number of hydrogen-bond acceptors (Lipinski definition) is 3. The Hall–Kier alpha value is -1.91. The van der Waals surface area contributed by atoms with Gasteiger partial charge >= 0.3 is 5.97 Å². The Balaban J connectivity index is 2.71. The van der Waals surface area contributed by atoms with Gasteiger partial charge in [0, 0.05) is 13.0 Å². The van der Waals surface area contributed by atoms with Crippen molar-refractivity contribution < 1.29 is 18.7 Å². The first kappa shape index (κ1) is 15.1. The fraction of sp³-hybridized carbons (Fsp3) is 0.429. The third-order valence-electron chi connectivity index (χ3n) is 2.57. The monoisotopic (exact) mass is 267 g/mol. The van der Waals surface area contributed by atoms with Gasteiger partial charge in [0.05, 0.1) is 6.61 Å². The van der Waals surface area contributed by atoms with E-state index < -0.39 is 5.97 Å². The molecule has 4 nitrogen and oxygen atoms in total. The fourth-order valence-electron chi connectivity index (χ4n) is 1.63. The van der Waals surface area contributed by atoms with Crippen LogP contribution in [0.1, 0.15) is 25.8 Å². The van der Waals surface area contributed by atoms with Gasteiger partial charge in [-0.1, -0.05) is 19.1 Å². The van der Waals surface area contributed by atoms with Crippen molar-refractivity contribution in [2.75, 3.05) is 13.2 Å². The smallest absolute Gasteiger partial charge is 0.325 e. The van der Waals surface area contributed by atoms with Crippen LogP contribution in [0.5, 0.6) is 0 Å². The third-order valence-corrected chi connectivity index (χ3v) is 2.57. The van der Waals surface area contributed by atoms with Crippen LogP contribution in [0, 0.1) is 5.82 Å². The molecule has 1 aromatic rings. The number of carbonyl (C=O) groups is 2. The van der Waals surface area contributed by atoms with E-state index in [1.165, 1.54) is 17.0 Å². The first-order chi connectivity index (χ1) is 9.06. The highest BCUT2D eigenvalue weighted by Gasteiger charge is 2.16. The van der Waals surface area contributed by atoms with Crippen molar-refractivity contribution >= 4 is 11.9 Å². The summed E-state index contributed by atoms with van der Waals surface area (Å²) in [5.74, 6) is -0.911. The van der Waals surface area contributed by atoms with E-state index in [-0.39, 0.29) is 31.4 Å². The lowest BCUT2D eigenvalue weighted by atomic mass is 10.2. The summed E-state index contributed by atoms with van der Waals surface area (Å²) < 4.78 is 17.6. The van der Waals surface area contributed by atoms with Gasteiger partial charge in [0.15, 0.2) is 0 Å². The molecule has 0 aliphatic heterocycles. The number of amides is 1. The van der Waals surface area contributed by atoms with E-state index in [9.17, 15) is 14.0 Å². The van der Waals surface area contributed by atoms with E-state index >= 15 is 0 Å². The average molecular weight is 267 g/mol. The van der Waals surface area contributed by atoms with Crippen LogP contribution < -0.4 is 0 Å². The Bertz CT molecular complexity index is 431. The predicted octanol–water partition coefficient (Wildman–Crippen LogP) is 2.13. The van der Waals surface area contributed by atoms with Crippen LogP contribution in [0.15, 0.2) is 24.3 Å². The molecule has 5 heteroatoms. The van der Waals surface area contributed by atoms with E-state index in [4.69, 9.17) is 4.74 Å². The molecule has 0 saturated heterocycles. The molecule has 1 aromatic carbocycles. The number of ether oxygens (including phenoxy) is 1. The standard InChI is InChI=1S/C14H18FNO3/c1-3-13(17)16(10-14(18)19-4-2)9-11-5-7-12(15)8-6-11/h5-8H,3-4,9-10H2,1-2H3. The van der Waals surface area contributed by atoms with Crippen LogP contribution in [0.4, 0.5) is 4.39 Å². The Morgan fingerprint density at radius 2 is 1.84 bits per heavy atom. The van der Waals surface area contributed by atoms with Gasteiger partial charge in [-0.25, -0.2) is 4.39 Å². The molecule has 0 aliphatic carbocycles. The molecular weight excluding hydrogens is 249 g/mol. The second kappa shape index (κ2) is 7.51. The van der Waals surface area contributed by atoms with Gasteiger partial charge in [0.1, 0.15) is 12.4 Å². The molecule has 0 N–H and O–H groups in total. The van der Waals surface area contributed by atoms with Crippen molar-refractivity contribution in [3.63, 3.8) is 0 Å². The SMILES string of the molecule is CCOC(=O)CN(Cc1ccc(F)cc1)C(=O)CC. The number of hydrogen-bond donors (Lipinski definition) is 0. The van der Waals surface area contributed by atoms with E-state index in [1.54, 1.807) is 26.0 Å². The van der Waals surface area contributed by atoms with E-state index in [1.807, 2.05) is 0 Å². The summed E-state index contributed by atoms with van der Waals surface area (Å²) in [6, 6.07) is 5.84. The maximum atomic E-state index is 12.8. The zero-order valence-electron chi connectivity index (χ0n) is 11.2. The molecule has 0 aliphatic rings. The summed E-state index contributed by atoms with van der Waals surface area (Å²) in [6.45, 7) is 3.90. The summed E-state index contributed by atoms with van der Waals surface area (Å²) in [5.41, 5.74) is 0.771. The molecule has 0 aromatic heterocycles. The molecule has 0 fully saturated rings. The number of benzene rings is 1. The summed E-state index contributed by atoms with van der Waals surface area (Å²) in [5, 5.41) is 0. The number of rotatable bonds is 6. The van der Waals surface area contributed by atoms with Crippen molar-refractivity contribution in [2.24, 2.45) is 0 Å². The van der Waals surface area contributed by atoms with E-state index in [0.717, 1.165) is 5.56 Å². The first-order valence-electron chi connectivity index (χ1n) is 6.24. The molecule has 1 rings (SSSR count). The van der Waals surface area contributed by atoms with Crippen LogP contribution in [-0.2, 0) is 20.9 Å². The summed E-state index contributed by atoms with van der Waals surface area (Å²) in [6.07, 6.45) is 0.306. The van der Waals surface area contributed by atoms with Crippen molar-refractivity contribution in [1.29, 1.82) is 0 Å². The van der Waals surface area contributed by atoms with Crippen LogP contribution in [0.3, 0.4) is 0 Å². The second-order valence-electron chi connectivity index (χ2n) is 4.03. The largest absolute Gasteiger partial charge is 0.465 e. The van der Waals surface area contributed by atoms with E-state index in [2.05, 4.69) is 0 Å². The minimum absolute atomic E-state index is 0.0854. The maximum Gasteiger partial charge on any atom is 0.325 e. The van der Waals surface area contributed by atoms with Gasteiger partial charge < -0.3 is 9.64 Å². The molecule has 0 atom stereocenters. The highest BCUT2D eigenvalue weighted by Crippen LogP contribution is 2.08. The van der Waals surface area contributed by atoms with Gasteiger partial charge in [-0.05, 0) is 24.6 Å². The predicted molar refractivity (Wildman–Crippen MR) is 68.7 cm³/mol. The molecule has 0 saturated carbocycles. The second-order valence-corrected chi connectivity index (χ2v) is 4.03. The van der Waals surface area contributed by atoms with Gasteiger partial charge in [0.25, 0.3) is 0 Å². The Kier molecular flexibility index (Phi) is 5.99. The molecule has 0 bridgehead atoms. The molecule has 19 heavy (non-hydrogen) atoms. The van der Waals surface area contributed by atoms with Crippen molar-refractivity contribution in [3.05, 3.63) is 35.6 Å². The summed E-state index contributed by atoms with van der Waals surface area (Å²) in [4.78, 5) is 24.6. The zero-order valence-corrected chi connectivity index (χ0v) is 11.2. The van der Waals surface area contributed by atoms with E-state index in [0.29, 0.717) is 6.42 Å². The lowest BCUT2D eigenvalue weighted by Gasteiger charge is -2.21. The topological polar surface area (TPSA) is 46.6 Å². The van der Waals surface area contributed by atoms with Gasteiger partial charge in [0.2, 0.25) is 5.91 Å². The highest BCUT2D eigenvalue weighted by molar-refractivity contribution is 5.81. The molecule has 104 valence electrons. The lowest BCUT2D eigenvalue weighted by molar-refractivity contribution is -0.149. The molecule has 0 spiro atoms. The van der Waals surface area contributed by atoms with Crippen molar-refractivity contribution in [3.8, 4) is 0 Å². The minimum Gasteiger partial charge on any atom is -0.465 e. The Morgan fingerprint density at radius 3 is 2.37 bits per heavy atom. The maximum absolute atomic E-state index is 12.8. The molecular formula is C14H18FNO3. The summed E-state index contributed by atoms with van der Waals surface area (Å²) >= 11 is 0. The molecule has 0 unspecified atom stereocenters. The Morgan fingerprint density at radius 1 is 1.21 bits per heavy atom. The summed E-state index contributed by atoms with van der Waals surface area (Å²) in [7, 11) is 0. The Labute approximate surface area is 112 Å². The van der Waals surface area contributed by atoms with Crippen molar-refractivity contribution in [2.45, 2.75) is 26.8 Å². The number of nitrogens with zero attached hydrogens (tertiary/aromatic N) is 1. The van der Waals surface area contributed by atoms with Crippen LogP contribution in [0.25, 0.3) is 0 Å². The van der Waals surface area contributed by atoms with Crippen LogP contribution in [0.2, 0.25) is 0 Å². The minimum atomic E-state index is -0.439. The number of halogens is 1. The van der Waals surface area contributed by atoms with Crippen molar-refractivity contribution in [1.82, 2.24) is 4.90 Å². The third kappa shape index (κ3) is 5.07. The lowest BCUT2D eigenvalue weighted by Crippen LogP contribution is -2.35. The van der Waals surface area contributed by atoms with Crippen LogP contribution >= 0.6 is 0 Å². The van der Waals surface area contributed by atoms with Gasteiger partial charge in [-0.15, -0.1) is 0 Å². The number of esters is 1. The molecule has 0 radical (unpaired) electrons. The normalized spacial score (nSPS) is 10.1. The fourth-order valence-corrected chi connectivity index (χ4v) is 1.63.